The number of amides is 3. The standard InChI is InChI=1S/C34H26ClF3N10O7/c35-21-7-5-20(6-8-21)33(13-14-33)47-31-44-30(45-32(46-31)54-16-34(36,37)38)42-23-9-1-18(2-10-23)25(49)43-24(29(52)53)15-39-26(50)27(51)41-22-11-3-19(4-12-22)28-48-40-17-55-28/h1-12,17H,13-16H2,(H,39,50)(H,41,51)(H,52,53)(H2,42,44,45,46,47)/b43-24-. The van der Waals surface area contributed by atoms with E-state index in [1.807, 2.05) is 12.1 Å². The third-order valence-corrected chi connectivity index (χ3v) is 7.97. The van der Waals surface area contributed by atoms with Gasteiger partial charge in [-0.2, -0.15) is 28.1 Å². The largest absolute Gasteiger partial charge is 0.477 e. The van der Waals surface area contributed by atoms with Crippen LogP contribution in [-0.2, 0) is 19.9 Å². The first kappa shape index (κ1) is 37.8. The predicted octanol–water partition coefficient (Wildman–Crippen LogP) is 4.78. The predicted molar refractivity (Wildman–Crippen MR) is 188 cm³/mol. The summed E-state index contributed by atoms with van der Waals surface area (Å²) in [6.07, 6.45) is -2.14. The summed E-state index contributed by atoms with van der Waals surface area (Å²) >= 11 is 6.01. The van der Waals surface area contributed by atoms with Crippen LogP contribution in [0.15, 0.2) is 88.6 Å². The molecule has 0 spiro atoms. The first-order valence-corrected chi connectivity index (χ1v) is 16.3. The van der Waals surface area contributed by atoms with Crippen LogP contribution >= 0.6 is 11.6 Å². The van der Waals surface area contributed by atoms with Gasteiger partial charge in [-0.1, -0.05) is 23.7 Å². The van der Waals surface area contributed by atoms with Gasteiger partial charge in [0.2, 0.25) is 24.2 Å². The van der Waals surface area contributed by atoms with Crippen molar-refractivity contribution < 1.29 is 46.6 Å². The number of carboxylic acids is 1. The second-order valence-electron chi connectivity index (χ2n) is 11.7. The highest BCUT2D eigenvalue weighted by atomic mass is 35.5. The molecule has 0 unspecified atom stereocenters. The lowest BCUT2D eigenvalue weighted by Crippen LogP contribution is -2.40. The molecule has 0 aliphatic heterocycles. The summed E-state index contributed by atoms with van der Waals surface area (Å²) in [5.74, 6) is -4.94. The number of carboxylic acid groups (broad SMARTS) is 1. The van der Waals surface area contributed by atoms with E-state index >= 15 is 0 Å². The maximum absolute atomic E-state index is 12.9. The van der Waals surface area contributed by atoms with E-state index in [1.165, 1.54) is 36.4 Å². The smallest absolute Gasteiger partial charge is 0.422 e. The zero-order chi connectivity index (χ0) is 39.2. The Morgan fingerprint density at radius 3 is 2.18 bits per heavy atom. The van der Waals surface area contributed by atoms with Gasteiger partial charge in [0.05, 0.1) is 12.1 Å². The number of nitrogens with zero attached hydrogens (tertiary/aromatic N) is 6. The number of benzene rings is 3. The fraction of sp³-hybridized carbons (Fsp3) is 0.176. The molecule has 0 bridgehead atoms. The van der Waals surface area contributed by atoms with E-state index in [2.05, 4.69) is 51.4 Å². The molecule has 1 aliphatic carbocycles. The van der Waals surface area contributed by atoms with Crippen molar-refractivity contribution in [1.82, 2.24) is 30.5 Å². The molecule has 21 heteroatoms. The Morgan fingerprint density at radius 2 is 1.56 bits per heavy atom. The van der Waals surface area contributed by atoms with Crippen LogP contribution in [0.25, 0.3) is 11.5 Å². The Kier molecular flexibility index (Phi) is 11.0. The first-order valence-electron chi connectivity index (χ1n) is 15.9. The Hall–Kier alpha value is -6.96. The molecule has 282 valence electrons. The molecule has 5 N–H and O–H groups in total. The number of halogens is 4. The zero-order valence-corrected chi connectivity index (χ0v) is 28.7. The molecule has 2 aromatic heterocycles. The summed E-state index contributed by atoms with van der Waals surface area (Å²) in [4.78, 5) is 65.2. The molecule has 1 fully saturated rings. The van der Waals surface area contributed by atoms with Crippen molar-refractivity contribution in [2.45, 2.75) is 24.6 Å². The van der Waals surface area contributed by atoms with E-state index in [4.69, 9.17) is 20.8 Å². The van der Waals surface area contributed by atoms with Crippen molar-refractivity contribution in [3.8, 4) is 17.5 Å². The molecule has 6 rings (SSSR count). The Bertz CT molecular complexity index is 2230. The van der Waals surface area contributed by atoms with Crippen LogP contribution in [-0.4, -0.2) is 79.0 Å². The van der Waals surface area contributed by atoms with Crippen LogP contribution in [0.5, 0.6) is 6.01 Å². The Morgan fingerprint density at radius 1 is 0.891 bits per heavy atom. The number of rotatable bonds is 13. The lowest BCUT2D eigenvalue weighted by Gasteiger charge is -2.19. The highest BCUT2D eigenvalue weighted by Crippen LogP contribution is 2.48. The fourth-order valence-corrected chi connectivity index (χ4v) is 5.00. The summed E-state index contributed by atoms with van der Waals surface area (Å²) < 4.78 is 48.7. The number of hydrogen-bond donors (Lipinski definition) is 5. The average Bonchev–Trinajstić information content (AvgIpc) is 3.71. The number of nitrogens with one attached hydrogen (secondary N) is 4. The van der Waals surface area contributed by atoms with Crippen molar-refractivity contribution in [2.75, 3.05) is 29.1 Å². The molecular formula is C34H26ClF3N10O7. The SMILES string of the molecule is O=C(NC/C(=N/C(=O)c1ccc(Nc2nc(NC3(c4ccc(Cl)cc4)CC3)nc(OCC(F)(F)F)n2)cc1)C(=O)O)C(=O)Nc1ccc(-c2nnco2)cc1. The molecule has 55 heavy (non-hydrogen) atoms. The summed E-state index contributed by atoms with van der Waals surface area (Å²) in [5, 5.41) is 27.9. The van der Waals surface area contributed by atoms with Gasteiger partial charge in [-0.05, 0) is 79.1 Å². The molecule has 5 aromatic rings. The minimum Gasteiger partial charge on any atom is -0.477 e. The van der Waals surface area contributed by atoms with Crippen LogP contribution in [0.3, 0.4) is 0 Å². The van der Waals surface area contributed by atoms with Gasteiger partial charge in [0.1, 0.15) is 5.71 Å². The number of alkyl halides is 3. The fourth-order valence-electron chi connectivity index (χ4n) is 4.88. The van der Waals surface area contributed by atoms with Gasteiger partial charge in [-0.25, -0.2) is 9.79 Å². The minimum absolute atomic E-state index is 0.0653. The van der Waals surface area contributed by atoms with E-state index in [0.29, 0.717) is 23.4 Å². The molecule has 17 nitrogen and oxygen atoms in total. The van der Waals surface area contributed by atoms with E-state index in [9.17, 15) is 37.5 Å². The first-order chi connectivity index (χ1) is 26.2. The zero-order valence-electron chi connectivity index (χ0n) is 27.9. The van der Waals surface area contributed by atoms with Crippen molar-refractivity contribution in [2.24, 2.45) is 4.99 Å². The van der Waals surface area contributed by atoms with E-state index in [1.54, 1.807) is 24.3 Å². The molecular weight excluding hydrogens is 753 g/mol. The Balaban J connectivity index is 1.09. The van der Waals surface area contributed by atoms with Gasteiger partial charge >= 0.3 is 30.0 Å². The van der Waals surface area contributed by atoms with Gasteiger partial charge in [0.15, 0.2) is 6.61 Å². The third-order valence-electron chi connectivity index (χ3n) is 7.72. The lowest BCUT2D eigenvalue weighted by molar-refractivity contribution is -0.154. The number of carbonyl (C=O) groups is 4. The van der Waals surface area contributed by atoms with Crippen molar-refractivity contribution in [3.05, 3.63) is 95.3 Å². The van der Waals surface area contributed by atoms with Gasteiger partial charge in [-0.3, -0.25) is 14.4 Å². The monoisotopic (exact) mass is 778 g/mol. The van der Waals surface area contributed by atoms with Crippen LogP contribution in [0.4, 0.5) is 36.4 Å². The van der Waals surface area contributed by atoms with Gasteiger partial charge < -0.3 is 35.5 Å². The van der Waals surface area contributed by atoms with Gasteiger partial charge in [-0.15, -0.1) is 10.2 Å². The van der Waals surface area contributed by atoms with E-state index in [0.717, 1.165) is 12.0 Å². The number of aromatic nitrogens is 5. The van der Waals surface area contributed by atoms with Crippen LogP contribution < -0.4 is 26.0 Å². The third kappa shape index (κ3) is 10.1. The summed E-state index contributed by atoms with van der Waals surface area (Å²) in [7, 11) is 0. The summed E-state index contributed by atoms with van der Waals surface area (Å²) in [5.41, 5.74) is 0.539. The Labute approximate surface area is 312 Å². The normalized spacial score (nSPS) is 13.3. The number of ether oxygens (including phenoxy) is 1. The maximum atomic E-state index is 12.9. The van der Waals surface area contributed by atoms with Crippen molar-refractivity contribution >= 4 is 64.3 Å². The summed E-state index contributed by atoms with van der Waals surface area (Å²) in [6, 6.07) is 17.8. The van der Waals surface area contributed by atoms with Crippen molar-refractivity contribution in [1.29, 1.82) is 0 Å². The lowest BCUT2D eigenvalue weighted by atomic mass is 10.1. The maximum Gasteiger partial charge on any atom is 0.422 e. The van der Waals surface area contributed by atoms with Gasteiger partial charge in [0.25, 0.3) is 5.91 Å². The molecule has 3 aromatic carbocycles. The van der Waals surface area contributed by atoms with E-state index in [-0.39, 0.29) is 34.7 Å². The number of hydrogen-bond acceptors (Lipinski definition) is 13. The second kappa shape index (κ2) is 16.0. The molecule has 3 amide bonds. The van der Waals surface area contributed by atoms with Crippen LogP contribution in [0.2, 0.25) is 5.02 Å². The molecule has 0 radical (unpaired) electrons. The quantitative estimate of drug-likeness (QED) is 0.0799. The molecule has 0 saturated heterocycles. The average molecular weight is 779 g/mol. The number of anilines is 4. The highest BCUT2D eigenvalue weighted by molar-refractivity contribution is 6.42. The molecule has 0 atom stereocenters. The molecule has 2 heterocycles. The molecule has 1 saturated carbocycles. The molecule has 1 aliphatic rings. The van der Waals surface area contributed by atoms with Gasteiger partial charge in [0, 0.05) is 27.5 Å². The van der Waals surface area contributed by atoms with Crippen LogP contribution in [0, 0.1) is 0 Å². The topological polar surface area (TPSA) is 236 Å². The summed E-state index contributed by atoms with van der Waals surface area (Å²) in [6.45, 7) is -2.42. The second-order valence-corrected chi connectivity index (χ2v) is 12.1. The number of carbonyl (C=O) groups excluding carboxylic acids is 3. The van der Waals surface area contributed by atoms with E-state index < -0.39 is 60.3 Å². The highest BCUT2D eigenvalue weighted by Gasteiger charge is 2.45. The van der Waals surface area contributed by atoms with Crippen LogP contribution in [0.1, 0.15) is 28.8 Å². The minimum atomic E-state index is -4.66. The van der Waals surface area contributed by atoms with Crippen molar-refractivity contribution in [3.63, 3.8) is 0 Å². The number of aliphatic carboxylic acids is 1. The number of aliphatic imine (C=N–C) groups is 1.